The van der Waals surface area contributed by atoms with Gasteiger partial charge in [-0.3, -0.25) is 24.0 Å². The zero-order chi connectivity index (χ0) is 46.1. The summed E-state index contributed by atoms with van der Waals surface area (Å²) in [6, 6.07) is 42.6. The second-order valence-electron chi connectivity index (χ2n) is 16.0. The molecule has 340 valence electrons. The normalized spacial score (nSPS) is 16.3. The third-order valence-corrected chi connectivity index (χ3v) is 11.5. The van der Waals surface area contributed by atoms with Gasteiger partial charge < -0.3 is 33.6 Å². The standard InChI is InChI=1S/C53H59N3O9/c1-5-32-55(34-38-24-28-43(29-25-38)64-41-20-14-10-15-21-41)50(58)46-47(51(59)56(33-6-2)35-39-26-30-44(31-27-39)65-42-22-16-11-17-23-42)49(53(61)63-37-45(57)54(7-3)8-4)48(46)52(60)62-36-40-18-12-9-13-19-40/h9-31,46-49H,5-8,32-37H2,1-4H3. The third kappa shape index (κ3) is 12.6. The molecular formula is C53H59N3O9. The van der Waals surface area contributed by atoms with E-state index in [1.807, 2.05) is 155 Å². The van der Waals surface area contributed by atoms with Gasteiger partial charge in [-0.25, -0.2) is 0 Å². The van der Waals surface area contributed by atoms with Crippen LogP contribution in [0, 0.1) is 23.7 Å². The molecule has 4 unspecified atom stereocenters. The molecule has 1 aliphatic carbocycles. The molecule has 1 aliphatic rings. The Kier molecular flexibility index (Phi) is 17.3. The van der Waals surface area contributed by atoms with Crippen LogP contribution in [0.15, 0.2) is 140 Å². The molecule has 4 atom stereocenters. The Morgan fingerprint density at radius 1 is 0.431 bits per heavy atom. The summed E-state index contributed by atoms with van der Waals surface area (Å²) < 4.78 is 23.5. The van der Waals surface area contributed by atoms with E-state index in [4.69, 9.17) is 18.9 Å². The molecule has 0 bridgehead atoms. The predicted octanol–water partition coefficient (Wildman–Crippen LogP) is 9.08. The maximum atomic E-state index is 15.2. The van der Waals surface area contributed by atoms with Crippen LogP contribution in [-0.2, 0) is 53.1 Å². The summed E-state index contributed by atoms with van der Waals surface area (Å²) >= 11 is 0. The summed E-state index contributed by atoms with van der Waals surface area (Å²) in [4.78, 5) is 76.9. The lowest BCUT2D eigenvalue weighted by molar-refractivity contribution is -0.193. The molecule has 0 saturated heterocycles. The topological polar surface area (TPSA) is 132 Å². The second-order valence-corrected chi connectivity index (χ2v) is 16.0. The van der Waals surface area contributed by atoms with E-state index >= 15 is 9.59 Å². The van der Waals surface area contributed by atoms with E-state index in [1.54, 1.807) is 21.9 Å². The largest absolute Gasteiger partial charge is 0.461 e. The Hall–Kier alpha value is -6.95. The van der Waals surface area contributed by atoms with Gasteiger partial charge in [-0.1, -0.05) is 105 Å². The van der Waals surface area contributed by atoms with Gasteiger partial charge in [0.05, 0.1) is 23.7 Å². The van der Waals surface area contributed by atoms with Gasteiger partial charge in [-0.2, -0.15) is 0 Å². The maximum absolute atomic E-state index is 15.2. The van der Waals surface area contributed by atoms with Gasteiger partial charge in [-0.15, -0.1) is 0 Å². The summed E-state index contributed by atoms with van der Waals surface area (Å²) in [6.07, 6.45) is 1.16. The highest BCUT2D eigenvalue weighted by atomic mass is 16.5. The number of hydrogen-bond acceptors (Lipinski definition) is 9. The number of esters is 2. The summed E-state index contributed by atoms with van der Waals surface area (Å²) in [5.41, 5.74) is 2.31. The molecule has 0 heterocycles. The van der Waals surface area contributed by atoms with Crippen LogP contribution in [0.5, 0.6) is 23.0 Å². The Morgan fingerprint density at radius 3 is 1.22 bits per heavy atom. The fourth-order valence-electron chi connectivity index (χ4n) is 8.18. The summed E-state index contributed by atoms with van der Waals surface area (Å²) in [7, 11) is 0. The van der Waals surface area contributed by atoms with Crippen LogP contribution < -0.4 is 9.47 Å². The first kappa shape index (κ1) is 47.5. The lowest BCUT2D eigenvalue weighted by Gasteiger charge is -2.49. The molecule has 12 heteroatoms. The number of carbonyl (C=O) groups is 5. The summed E-state index contributed by atoms with van der Waals surface area (Å²) in [5.74, 6) is -5.78. The number of nitrogens with zero attached hydrogens (tertiary/aromatic N) is 3. The number of hydrogen-bond donors (Lipinski definition) is 0. The zero-order valence-corrected chi connectivity index (χ0v) is 37.7. The molecule has 1 fully saturated rings. The van der Waals surface area contributed by atoms with Crippen molar-refractivity contribution < 1.29 is 42.9 Å². The molecule has 6 rings (SSSR count). The van der Waals surface area contributed by atoms with Crippen LogP contribution in [-0.4, -0.2) is 77.1 Å². The van der Waals surface area contributed by atoms with Crippen LogP contribution in [0.1, 0.15) is 57.2 Å². The van der Waals surface area contributed by atoms with Gasteiger partial charge in [-0.05, 0) is 91.9 Å². The van der Waals surface area contributed by atoms with Crippen molar-refractivity contribution in [3.63, 3.8) is 0 Å². The molecule has 0 radical (unpaired) electrons. The van der Waals surface area contributed by atoms with Crippen molar-refractivity contribution in [3.8, 4) is 23.0 Å². The Labute approximate surface area is 382 Å². The summed E-state index contributed by atoms with van der Waals surface area (Å²) in [6.45, 7) is 8.60. The van der Waals surface area contributed by atoms with Crippen molar-refractivity contribution in [1.29, 1.82) is 0 Å². The number of rotatable bonds is 22. The number of likely N-dealkylation sites (N-methyl/N-ethyl adjacent to an activating group) is 1. The van der Waals surface area contributed by atoms with Crippen molar-refractivity contribution in [3.05, 3.63) is 156 Å². The minimum atomic E-state index is -1.40. The smallest absolute Gasteiger partial charge is 0.311 e. The fraction of sp³-hybridized carbons (Fsp3) is 0.340. The number of ether oxygens (including phenoxy) is 4. The van der Waals surface area contributed by atoms with E-state index in [9.17, 15) is 14.4 Å². The van der Waals surface area contributed by atoms with Crippen LogP contribution in [0.2, 0.25) is 0 Å². The van der Waals surface area contributed by atoms with Crippen molar-refractivity contribution in [2.24, 2.45) is 23.7 Å². The fourth-order valence-corrected chi connectivity index (χ4v) is 8.18. The Balaban J connectivity index is 1.32. The van der Waals surface area contributed by atoms with Crippen molar-refractivity contribution >= 4 is 29.7 Å². The average molecular weight is 882 g/mol. The number of para-hydroxylation sites is 2. The molecule has 5 aromatic carbocycles. The maximum Gasteiger partial charge on any atom is 0.311 e. The molecular weight excluding hydrogens is 823 g/mol. The lowest BCUT2D eigenvalue weighted by atomic mass is 9.55. The van der Waals surface area contributed by atoms with Gasteiger partial charge >= 0.3 is 11.9 Å². The minimum absolute atomic E-state index is 0.111. The van der Waals surface area contributed by atoms with Gasteiger partial charge in [0.25, 0.3) is 5.91 Å². The first-order chi connectivity index (χ1) is 31.6. The number of carbonyl (C=O) groups excluding carboxylic acids is 5. The summed E-state index contributed by atoms with van der Waals surface area (Å²) in [5, 5.41) is 0. The highest BCUT2D eigenvalue weighted by Crippen LogP contribution is 2.50. The van der Waals surface area contributed by atoms with E-state index in [2.05, 4.69) is 0 Å². The first-order valence-corrected chi connectivity index (χ1v) is 22.5. The molecule has 0 aromatic heterocycles. The highest BCUT2D eigenvalue weighted by Gasteiger charge is 2.65. The van der Waals surface area contributed by atoms with Crippen LogP contribution in [0.4, 0.5) is 0 Å². The molecule has 1 saturated carbocycles. The Bertz CT molecular complexity index is 2300. The molecule has 0 aliphatic heterocycles. The quantitative estimate of drug-likeness (QED) is 0.0625. The van der Waals surface area contributed by atoms with E-state index in [-0.39, 0.29) is 19.7 Å². The van der Waals surface area contributed by atoms with E-state index in [1.165, 1.54) is 4.90 Å². The zero-order valence-electron chi connectivity index (χ0n) is 37.7. The monoisotopic (exact) mass is 881 g/mol. The average Bonchev–Trinajstić information content (AvgIpc) is 3.32. The lowest BCUT2D eigenvalue weighted by Crippen LogP contribution is -2.64. The number of amides is 3. The van der Waals surface area contributed by atoms with Gasteiger partial charge in [0.15, 0.2) is 6.61 Å². The van der Waals surface area contributed by atoms with E-state index in [0.29, 0.717) is 67.6 Å². The van der Waals surface area contributed by atoms with Crippen molar-refractivity contribution in [2.75, 3.05) is 32.8 Å². The highest BCUT2D eigenvalue weighted by molar-refractivity contribution is 6.00. The molecule has 0 N–H and O–H groups in total. The van der Waals surface area contributed by atoms with Gasteiger partial charge in [0.1, 0.15) is 29.6 Å². The minimum Gasteiger partial charge on any atom is -0.461 e. The van der Waals surface area contributed by atoms with Gasteiger partial charge in [0.2, 0.25) is 11.8 Å². The van der Waals surface area contributed by atoms with E-state index in [0.717, 1.165) is 11.1 Å². The molecule has 5 aromatic rings. The molecule has 65 heavy (non-hydrogen) atoms. The van der Waals surface area contributed by atoms with Crippen molar-refractivity contribution in [1.82, 2.24) is 14.7 Å². The number of benzene rings is 5. The first-order valence-electron chi connectivity index (χ1n) is 22.5. The second kappa shape index (κ2) is 23.7. The molecule has 0 spiro atoms. The SMILES string of the molecule is CCCN(Cc1ccc(Oc2ccccc2)cc1)C(=O)C1C(C(=O)OCC(=O)N(CC)CC)C(C(=O)OCc2ccccc2)C1C(=O)N(CCC)Cc1ccc(Oc2ccccc2)cc1. The van der Waals surface area contributed by atoms with Crippen LogP contribution >= 0.6 is 0 Å². The molecule has 12 nitrogen and oxygen atoms in total. The molecule has 3 amide bonds. The van der Waals surface area contributed by atoms with Gasteiger partial charge in [0, 0.05) is 39.3 Å². The van der Waals surface area contributed by atoms with Crippen LogP contribution in [0.3, 0.4) is 0 Å². The predicted molar refractivity (Wildman–Crippen MR) is 246 cm³/mol. The third-order valence-electron chi connectivity index (χ3n) is 11.5. The van der Waals surface area contributed by atoms with Crippen molar-refractivity contribution in [2.45, 2.75) is 60.2 Å². The Morgan fingerprint density at radius 2 is 0.815 bits per heavy atom. The van der Waals surface area contributed by atoms with E-state index < -0.39 is 59.9 Å². The van der Waals surface area contributed by atoms with Crippen LogP contribution in [0.25, 0.3) is 0 Å².